The number of hydrogen-bond donors (Lipinski definition) is 9. The van der Waals surface area contributed by atoms with Crippen molar-refractivity contribution in [2.24, 2.45) is 17.2 Å². The van der Waals surface area contributed by atoms with Gasteiger partial charge < -0.3 is 58.3 Å². The second kappa shape index (κ2) is 14.3. The minimum absolute atomic E-state index is 0.149. The molecule has 2 heterocycles. The molecule has 2 fully saturated rings. The summed E-state index contributed by atoms with van der Waals surface area (Å²) in [4.78, 5) is 99.0. The number of β-amino-alcohol motifs (C(OH)–C–C–N with tert-alkyl or cyclic N) is 2. The summed E-state index contributed by atoms with van der Waals surface area (Å²) in [6.45, 7) is -1.70. The van der Waals surface area contributed by atoms with E-state index in [-0.39, 0.29) is 25.9 Å². The fourth-order valence-corrected chi connectivity index (χ4v) is 4.53. The Hall–Kier alpha value is -4.36. The number of aliphatic carboxylic acids is 1. The SMILES string of the molecule is NCC(=O)N1C[C@H](O)C[C@H]1C(=O)N[C@@H](CC(N)=O)C(=O)NCC(=O)N1C[C@H](O)C[C@H]1C(=O)N[C@@H](CC(N)=O)C(=O)O. The highest BCUT2D eigenvalue weighted by molar-refractivity contribution is 5.97. The number of carboxylic acids is 1. The fourth-order valence-electron chi connectivity index (χ4n) is 4.53. The first-order valence-electron chi connectivity index (χ1n) is 12.5. The summed E-state index contributed by atoms with van der Waals surface area (Å²) in [6.07, 6.45) is -4.00. The van der Waals surface area contributed by atoms with Crippen molar-refractivity contribution >= 4 is 47.3 Å². The maximum atomic E-state index is 12.8. The molecule has 0 bridgehead atoms. The predicted octanol–water partition coefficient (Wildman–Crippen LogP) is -7.21. The molecule has 0 aromatic rings. The summed E-state index contributed by atoms with van der Waals surface area (Å²) in [5, 5.41) is 35.7. The lowest BCUT2D eigenvalue weighted by Gasteiger charge is -2.26. The number of aliphatic hydroxyl groups excluding tert-OH is 2. The van der Waals surface area contributed by atoms with Gasteiger partial charge >= 0.3 is 5.97 Å². The normalized spacial score (nSPS) is 23.3. The van der Waals surface area contributed by atoms with Gasteiger partial charge in [0.05, 0.1) is 38.1 Å². The molecule has 228 valence electrons. The summed E-state index contributed by atoms with van der Waals surface area (Å²) >= 11 is 0. The number of nitrogens with one attached hydrogen (secondary N) is 3. The van der Waals surface area contributed by atoms with Crippen LogP contribution in [0.3, 0.4) is 0 Å². The van der Waals surface area contributed by atoms with Crippen LogP contribution in [-0.4, -0.2) is 135 Å². The lowest BCUT2D eigenvalue weighted by Crippen LogP contribution is -2.56. The number of aliphatic hydroxyl groups is 2. The van der Waals surface area contributed by atoms with Crippen LogP contribution in [-0.2, 0) is 38.4 Å². The summed E-state index contributed by atoms with van der Waals surface area (Å²) in [7, 11) is 0. The van der Waals surface area contributed by atoms with Gasteiger partial charge in [-0.05, 0) is 0 Å². The average molecular weight is 587 g/mol. The van der Waals surface area contributed by atoms with Crippen molar-refractivity contribution in [1.29, 1.82) is 0 Å². The maximum absolute atomic E-state index is 12.8. The maximum Gasteiger partial charge on any atom is 0.326 e. The third kappa shape index (κ3) is 9.08. The summed E-state index contributed by atoms with van der Waals surface area (Å²) in [5.74, 6) is -7.91. The summed E-state index contributed by atoms with van der Waals surface area (Å²) < 4.78 is 0. The van der Waals surface area contributed by atoms with Crippen LogP contribution in [0.5, 0.6) is 0 Å². The molecule has 19 nitrogen and oxygen atoms in total. The summed E-state index contributed by atoms with van der Waals surface area (Å²) in [5.41, 5.74) is 15.5. The zero-order chi connectivity index (χ0) is 31.0. The molecule has 2 rings (SSSR count). The Morgan fingerprint density at radius 3 is 1.63 bits per heavy atom. The highest BCUT2D eigenvalue weighted by atomic mass is 16.4. The Morgan fingerprint density at radius 1 is 0.756 bits per heavy atom. The van der Waals surface area contributed by atoms with Crippen LogP contribution >= 0.6 is 0 Å². The molecule has 19 heteroatoms. The van der Waals surface area contributed by atoms with Gasteiger partial charge in [-0.2, -0.15) is 0 Å². The molecule has 0 saturated carbocycles. The Morgan fingerprint density at radius 2 is 1.20 bits per heavy atom. The predicted molar refractivity (Wildman–Crippen MR) is 133 cm³/mol. The van der Waals surface area contributed by atoms with Crippen molar-refractivity contribution < 1.29 is 53.7 Å². The highest BCUT2D eigenvalue weighted by Crippen LogP contribution is 2.20. The van der Waals surface area contributed by atoms with Crippen LogP contribution in [0, 0.1) is 0 Å². The summed E-state index contributed by atoms with van der Waals surface area (Å²) in [6, 6.07) is -5.77. The second-order valence-electron chi connectivity index (χ2n) is 9.63. The van der Waals surface area contributed by atoms with E-state index < -0.39 is 110 Å². The molecule has 0 aromatic carbocycles. The van der Waals surface area contributed by atoms with Gasteiger partial charge in [0.15, 0.2) is 0 Å². The Labute approximate surface area is 232 Å². The molecule has 2 aliphatic heterocycles. The number of hydrogen-bond acceptors (Lipinski definition) is 11. The highest BCUT2D eigenvalue weighted by Gasteiger charge is 2.41. The van der Waals surface area contributed by atoms with Crippen molar-refractivity contribution in [3.8, 4) is 0 Å². The Bertz CT molecular complexity index is 1090. The van der Waals surface area contributed by atoms with Crippen LogP contribution in [0.15, 0.2) is 0 Å². The monoisotopic (exact) mass is 586 g/mol. The van der Waals surface area contributed by atoms with Gasteiger partial charge in [0.2, 0.25) is 41.4 Å². The van der Waals surface area contributed by atoms with E-state index >= 15 is 0 Å². The van der Waals surface area contributed by atoms with E-state index in [1.54, 1.807) is 0 Å². The van der Waals surface area contributed by atoms with Crippen LogP contribution in [0.1, 0.15) is 25.7 Å². The molecular formula is C22H34N8O11. The van der Waals surface area contributed by atoms with Crippen LogP contribution < -0.4 is 33.2 Å². The van der Waals surface area contributed by atoms with Gasteiger partial charge in [-0.25, -0.2) is 4.79 Å². The molecule has 41 heavy (non-hydrogen) atoms. The zero-order valence-electron chi connectivity index (χ0n) is 21.9. The second-order valence-corrected chi connectivity index (χ2v) is 9.63. The third-order valence-electron chi connectivity index (χ3n) is 6.45. The molecule has 2 saturated heterocycles. The minimum Gasteiger partial charge on any atom is -0.480 e. The molecule has 6 atom stereocenters. The largest absolute Gasteiger partial charge is 0.480 e. The van der Waals surface area contributed by atoms with Crippen LogP contribution in [0.2, 0.25) is 0 Å². The molecular weight excluding hydrogens is 552 g/mol. The first-order chi connectivity index (χ1) is 19.1. The smallest absolute Gasteiger partial charge is 0.326 e. The van der Waals surface area contributed by atoms with Gasteiger partial charge in [0.1, 0.15) is 24.2 Å². The third-order valence-corrected chi connectivity index (χ3v) is 6.45. The molecule has 2 aliphatic rings. The fraction of sp³-hybridized carbons (Fsp3) is 0.636. The number of carboxylic acid groups (broad SMARTS) is 1. The van der Waals surface area contributed by atoms with Crippen molar-refractivity contribution in [2.75, 3.05) is 26.2 Å². The standard InChI is InChI=1S/C22H34N8O11/c23-5-17(35)29-7-9(31)1-13(29)20(38)27-11(3-15(24)33)19(37)26-6-18(36)30-8-10(32)2-14(30)21(39)28-12(22(40)41)4-16(25)34/h9-14,31-32H,1-8,23H2,(H2,24,33)(H2,25,34)(H,26,37)(H,27,38)(H,28,39)(H,40,41)/t9-,10-,11+,12+,13+,14+/m1/s1. The zero-order valence-corrected chi connectivity index (χ0v) is 21.9. The number of rotatable bonds is 13. The van der Waals surface area contributed by atoms with E-state index in [1.807, 2.05) is 0 Å². The Balaban J connectivity index is 2.06. The van der Waals surface area contributed by atoms with Gasteiger partial charge in [-0.3, -0.25) is 33.6 Å². The Kier molecular flexibility index (Phi) is 11.5. The van der Waals surface area contributed by atoms with Crippen molar-refractivity contribution in [3.63, 3.8) is 0 Å². The van der Waals surface area contributed by atoms with Gasteiger partial charge in [0.25, 0.3) is 0 Å². The topological polar surface area (TPSA) is 318 Å². The number of amides is 7. The lowest BCUT2D eigenvalue weighted by atomic mass is 10.1. The van der Waals surface area contributed by atoms with E-state index in [4.69, 9.17) is 17.2 Å². The number of primary amides is 2. The van der Waals surface area contributed by atoms with Gasteiger partial charge in [-0.15, -0.1) is 0 Å². The first kappa shape index (κ1) is 32.8. The van der Waals surface area contributed by atoms with E-state index in [0.717, 1.165) is 9.80 Å². The molecule has 0 radical (unpaired) electrons. The van der Waals surface area contributed by atoms with Crippen molar-refractivity contribution in [1.82, 2.24) is 25.8 Å². The average Bonchev–Trinajstić information content (AvgIpc) is 3.47. The van der Waals surface area contributed by atoms with E-state index in [9.17, 15) is 53.7 Å². The quantitative estimate of drug-likeness (QED) is 0.0972. The number of carbonyl (C=O) groups excluding carboxylic acids is 7. The van der Waals surface area contributed by atoms with E-state index in [0.29, 0.717) is 0 Å². The van der Waals surface area contributed by atoms with Crippen LogP contribution in [0.4, 0.5) is 0 Å². The number of likely N-dealkylation sites (tertiary alicyclic amines) is 2. The van der Waals surface area contributed by atoms with Crippen molar-refractivity contribution in [2.45, 2.75) is 62.1 Å². The molecule has 0 aromatic heterocycles. The lowest BCUT2D eigenvalue weighted by molar-refractivity contribution is -0.145. The molecule has 7 amide bonds. The van der Waals surface area contributed by atoms with E-state index in [2.05, 4.69) is 16.0 Å². The molecule has 0 unspecified atom stereocenters. The molecule has 0 spiro atoms. The number of nitrogens with two attached hydrogens (primary N) is 3. The first-order valence-corrected chi connectivity index (χ1v) is 12.5. The van der Waals surface area contributed by atoms with Crippen molar-refractivity contribution in [3.05, 3.63) is 0 Å². The van der Waals surface area contributed by atoms with Crippen LogP contribution in [0.25, 0.3) is 0 Å². The number of carbonyl (C=O) groups is 8. The minimum atomic E-state index is -1.68. The molecule has 12 N–H and O–H groups in total. The van der Waals surface area contributed by atoms with Gasteiger partial charge in [0, 0.05) is 25.9 Å². The number of nitrogens with zero attached hydrogens (tertiary/aromatic N) is 2. The molecule has 0 aliphatic carbocycles. The van der Waals surface area contributed by atoms with Gasteiger partial charge in [-0.1, -0.05) is 0 Å². The van der Waals surface area contributed by atoms with E-state index in [1.165, 1.54) is 0 Å².